The van der Waals surface area contributed by atoms with Gasteiger partial charge in [-0.25, -0.2) is 0 Å². The summed E-state index contributed by atoms with van der Waals surface area (Å²) in [4.78, 5) is 21.1. The molecular weight excluding hydrogens is 488 g/mol. The maximum atomic E-state index is 11.5. The standard InChI is InChI=1S/C24H21BrN4O4/c1-15-12-16(2)24(17(3)13-15)22(10-6-18-4-7-19(25)8-5-18)27-26-21-11-9-20(28(30)31)14-23(21)29(32)33/h4-14,26H,1-3H3/b10-6+,27-22-. The second-order valence-electron chi connectivity index (χ2n) is 7.48. The van der Waals surface area contributed by atoms with Gasteiger partial charge in [0.2, 0.25) is 0 Å². The van der Waals surface area contributed by atoms with Gasteiger partial charge in [0.15, 0.2) is 0 Å². The van der Waals surface area contributed by atoms with Gasteiger partial charge in [-0.2, -0.15) is 5.10 Å². The monoisotopic (exact) mass is 508 g/mol. The maximum absolute atomic E-state index is 11.5. The van der Waals surface area contributed by atoms with Gasteiger partial charge >= 0.3 is 5.69 Å². The summed E-state index contributed by atoms with van der Waals surface area (Å²) in [5, 5.41) is 26.9. The van der Waals surface area contributed by atoms with E-state index >= 15 is 0 Å². The minimum atomic E-state index is -0.676. The van der Waals surface area contributed by atoms with E-state index in [0.29, 0.717) is 5.71 Å². The molecule has 8 nitrogen and oxygen atoms in total. The first-order chi connectivity index (χ1) is 15.7. The molecule has 3 aromatic rings. The molecule has 0 unspecified atom stereocenters. The summed E-state index contributed by atoms with van der Waals surface area (Å²) in [6.45, 7) is 5.97. The lowest BCUT2D eigenvalue weighted by Crippen LogP contribution is -2.07. The lowest BCUT2D eigenvalue weighted by Gasteiger charge is -2.12. The number of nitrogens with zero attached hydrogens (tertiary/aromatic N) is 3. The number of nitrogens with one attached hydrogen (secondary N) is 1. The highest BCUT2D eigenvalue weighted by molar-refractivity contribution is 9.10. The first kappa shape index (κ1) is 23.8. The fourth-order valence-corrected chi connectivity index (χ4v) is 3.77. The Kier molecular flexibility index (Phi) is 7.34. The summed E-state index contributed by atoms with van der Waals surface area (Å²) in [5.41, 5.74) is 7.55. The average molecular weight is 509 g/mol. The predicted molar refractivity (Wildman–Crippen MR) is 134 cm³/mol. The van der Waals surface area contributed by atoms with Crippen LogP contribution in [0.5, 0.6) is 0 Å². The quantitative estimate of drug-likeness (QED) is 0.216. The van der Waals surface area contributed by atoms with E-state index in [-0.39, 0.29) is 11.4 Å². The van der Waals surface area contributed by atoms with Crippen LogP contribution < -0.4 is 5.43 Å². The third-order valence-corrected chi connectivity index (χ3v) is 5.45. The van der Waals surface area contributed by atoms with Gasteiger partial charge in [-0.15, -0.1) is 0 Å². The van der Waals surface area contributed by atoms with Crippen molar-refractivity contribution in [1.29, 1.82) is 0 Å². The number of nitro benzene ring substituents is 2. The van der Waals surface area contributed by atoms with Crippen LogP contribution in [-0.2, 0) is 0 Å². The van der Waals surface area contributed by atoms with Crippen molar-refractivity contribution in [2.75, 3.05) is 5.43 Å². The number of non-ortho nitro benzene ring substituents is 1. The van der Waals surface area contributed by atoms with E-state index in [4.69, 9.17) is 0 Å². The Morgan fingerprint density at radius 2 is 1.58 bits per heavy atom. The molecule has 3 aromatic carbocycles. The van der Waals surface area contributed by atoms with E-state index in [1.165, 1.54) is 12.1 Å². The number of hydrogen-bond donors (Lipinski definition) is 1. The molecule has 0 aliphatic rings. The van der Waals surface area contributed by atoms with E-state index in [1.54, 1.807) is 0 Å². The van der Waals surface area contributed by atoms with Crippen LogP contribution in [0.3, 0.4) is 0 Å². The van der Waals surface area contributed by atoms with Crippen molar-refractivity contribution in [3.63, 3.8) is 0 Å². The van der Waals surface area contributed by atoms with Crippen LogP contribution in [0, 0.1) is 41.0 Å². The third-order valence-electron chi connectivity index (χ3n) is 4.92. The average Bonchev–Trinajstić information content (AvgIpc) is 2.75. The number of hydrazone groups is 1. The van der Waals surface area contributed by atoms with E-state index in [0.717, 1.165) is 38.4 Å². The van der Waals surface area contributed by atoms with Gasteiger partial charge in [0.05, 0.1) is 21.6 Å². The zero-order valence-electron chi connectivity index (χ0n) is 18.2. The minimum Gasteiger partial charge on any atom is -0.271 e. The number of rotatable bonds is 7. The van der Waals surface area contributed by atoms with Crippen molar-refractivity contribution in [3.8, 4) is 0 Å². The zero-order chi connectivity index (χ0) is 24.1. The highest BCUT2D eigenvalue weighted by atomic mass is 79.9. The van der Waals surface area contributed by atoms with Gasteiger partial charge in [0, 0.05) is 16.1 Å². The smallest absolute Gasteiger partial charge is 0.271 e. The highest BCUT2D eigenvalue weighted by Gasteiger charge is 2.19. The Balaban J connectivity index is 2.07. The van der Waals surface area contributed by atoms with Gasteiger partial charge in [-0.1, -0.05) is 51.8 Å². The van der Waals surface area contributed by atoms with Crippen LogP contribution in [0.1, 0.15) is 27.8 Å². The van der Waals surface area contributed by atoms with Crippen LogP contribution in [-0.4, -0.2) is 15.6 Å². The molecule has 168 valence electrons. The predicted octanol–water partition coefficient (Wildman–Crippen LogP) is 6.72. The van der Waals surface area contributed by atoms with Crippen molar-refractivity contribution in [2.24, 2.45) is 5.10 Å². The normalized spacial score (nSPS) is 11.6. The summed E-state index contributed by atoms with van der Waals surface area (Å²) in [6.07, 6.45) is 3.73. The number of anilines is 1. The largest absolute Gasteiger partial charge is 0.301 e. The van der Waals surface area contributed by atoms with Crippen molar-refractivity contribution >= 4 is 44.8 Å². The Morgan fingerprint density at radius 3 is 2.15 bits per heavy atom. The molecule has 0 radical (unpaired) electrons. The number of hydrogen-bond acceptors (Lipinski definition) is 6. The van der Waals surface area contributed by atoms with Gasteiger partial charge in [0.25, 0.3) is 5.69 Å². The number of nitro groups is 2. The van der Waals surface area contributed by atoms with Crippen molar-refractivity contribution < 1.29 is 9.85 Å². The summed E-state index contributed by atoms with van der Waals surface area (Å²) in [5.74, 6) is 0. The number of aryl methyl sites for hydroxylation is 3. The Morgan fingerprint density at radius 1 is 0.939 bits per heavy atom. The van der Waals surface area contributed by atoms with Gasteiger partial charge in [-0.3, -0.25) is 25.7 Å². The maximum Gasteiger partial charge on any atom is 0.301 e. The fraction of sp³-hybridized carbons (Fsp3) is 0.125. The third kappa shape index (κ3) is 5.89. The molecular formula is C24H21BrN4O4. The molecule has 0 heterocycles. The molecule has 0 saturated carbocycles. The zero-order valence-corrected chi connectivity index (χ0v) is 19.8. The van der Waals surface area contributed by atoms with Crippen LogP contribution >= 0.6 is 15.9 Å². The van der Waals surface area contributed by atoms with E-state index < -0.39 is 15.5 Å². The number of allylic oxidation sites excluding steroid dienone is 1. The molecule has 0 spiro atoms. The molecule has 0 aliphatic heterocycles. The molecule has 0 aliphatic carbocycles. The highest BCUT2D eigenvalue weighted by Crippen LogP contribution is 2.29. The number of halogens is 1. The van der Waals surface area contributed by atoms with Crippen molar-refractivity contribution in [3.05, 3.63) is 113 Å². The van der Waals surface area contributed by atoms with Crippen LogP contribution in [0.15, 0.2) is 70.2 Å². The summed E-state index contributed by atoms with van der Waals surface area (Å²) < 4.78 is 0.964. The number of benzene rings is 3. The van der Waals surface area contributed by atoms with Crippen LogP contribution in [0.4, 0.5) is 17.1 Å². The summed E-state index contributed by atoms with van der Waals surface area (Å²) in [7, 11) is 0. The minimum absolute atomic E-state index is 0.0579. The summed E-state index contributed by atoms with van der Waals surface area (Å²) >= 11 is 3.42. The lowest BCUT2D eigenvalue weighted by molar-refractivity contribution is -0.393. The van der Waals surface area contributed by atoms with E-state index in [1.807, 2.05) is 69.3 Å². The molecule has 3 rings (SSSR count). The van der Waals surface area contributed by atoms with Gasteiger partial charge < -0.3 is 0 Å². The topological polar surface area (TPSA) is 111 Å². The van der Waals surface area contributed by atoms with Crippen molar-refractivity contribution in [1.82, 2.24) is 0 Å². The van der Waals surface area contributed by atoms with E-state index in [9.17, 15) is 20.2 Å². The Labute approximate surface area is 199 Å². The van der Waals surface area contributed by atoms with E-state index in [2.05, 4.69) is 26.5 Å². The second-order valence-corrected chi connectivity index (χ2v) is 8.40. The molecule has 1 N–H and O–H groups in total. The molecule has 33 heavy (non-hydrogen) atoms. The Bertz CT molecular complexity index is 1260. The SMILES string of the molecule is Cc1cc(C)c(C(/C=C/c2ccc(Br)cc2)=N\Nc2ccc([N+](=O)[O-])cc2[N+](=O)[O-])c(C)c1. The lowest BCUT2D eigenvalue weighted by atomic mass is 9.95. The van der Waals surface area contributed by atoms with Crippen molar-refractivity contribution in [2.45, 2.75) is 20.8 Å². The Hall–Kier alpha value is -3.85. The van der Waals surface area contributed by atoms with Crippen LogP contribution in [0.25, 0.3) is 6.08 Å². The molecule has 0 atom stereocenters. The molecule has 0 bridgehead atoms. The molecule has 0 amide bonds. The molecule has 0 saturated heterocycles. The first-order valence-corrected chi connectivity index (χ1v) is 10.7. The van der Waals surface area contributed by atoms with Gasteiger partial charge in [-0.05, 0) is 61.7 Å². The fourth-order valence-electron chi connectivity index (χ4n) is 3.51. The van der Waals surface area contributed by atoms with Gasteiger partial charge in [0.1, 0.15) is 5.69 Å². The molecule has 9 heteroatoms. The first-order valence-electron chi connectivity index (χ1n) is 9.94. The second kappa shape index (κ2) is 10.2. The van der Waals surface area contributed by atoms with Crippen LogP contribution in [0.2, 0.25) is 0 Å². The molecule has 0 aromatic heterocycles. The summed E-state index contributed by atoms with van der Waals surface area (Å²) in [6, 6.07) is 15.2. The molecule has 0 fully saturated rings.